The molecule has 0 unspecified atom stereocenters. The van der Waals surface area contributed by atoms with Crippen molar-refractivity contribution in [3.63, 3.8) is 0 Å². The molecule has 0 spiro atoms. The van der Waals surface area contributed by atoms with Crippen LogP contribution >= 0.6 is 0 Å². The SMILES string of the molecule is CN(C)c1ccnc(NC2CCC(NC(=O)[C@H]3CCCC[C@H]3C(=O)c3ccccc3)CC2)n1. The fourth-order valence-corrected chi connectivity index (χ4v) is 5.12. The van der Waals surface area contributed by atoms with Gasteiger partial charge in [0.15, 0.2) is 5.78 Å². The maximum atomic E-state index is 13.2. The van der Waals surface area contributed by atoms with E-state index in [1.807, 2.05) is 55.4 Å². The summed E-state index contributed by atoms with van der Waals surface area (Å²) in [6.45, 7) is 0. The van der Waals surface area contributed by atoms with Crippen molar-refractivity contribution in [2.24, 2.45) is 11.8 Å². The monoisotopic (exact) mass is 449 g/mol. The topological polar surface area (TPSA) is 87.2 Å². The summed E-state index contributed by atoms with van der Waals surface area (Å²) in [5, 5.41) is 6.72. The largest absolute Gasteiger partial charge is 0.363 e. The Morgan fingerprint density at radius 3 is 2.24 bits per heavy atom. The lowest BCUT2D eigenvalue weighted by atomic mass is 9.74. The van der Waals surface area contributed by atoms with E-state index in [0.29, 0.717) is 17.6 Å². The second-order valence-corrected chi connectivity index (χ2v) is 9.56. The molecular weight excluding hydrogens is 414 g/mol. The number of hydrogen-bond donors (Lipinski definition) is 2. The maximum Gasteiger partial charge on any atom is 0.224 e. The molecule has 176 valence electrons. The van der Waals surface area contributed by atoms with E-state index in [1.54, 1.807) is 6.20 Å². The van der Waals surface area contributed by atoms with Crippen molar-refractivity contribution in [2.75, 3.05) is 24.3 Å². The van der Waals surface area contributed by atoms with Gasteiger partial charge in [-0.3, -0.25) is 9.59 Å². The van der Waals surface area contributed by atoms with E-state index >= 15 is 0 Å². The number of nitrogens with zero attached hydrogens (tertiary/aromatic N) is 3. The molecule has 2 fully saturated rings. The predicted molar refractivity (Wildman–Crippen MR) is 130 cm³/mol. The smallest absolute Gasteiger partial charge is 0.224 e. The summed E-state index contributed by atoms with van der Waals surface area (Å²) in [5.41, 5.74) is 0.717. The van der Waals surface area contributed by atoms with Gasteiger partial charge < -0.3 is 15.5 Å². The molecule has 2 N–H and O–H groups in total. The van der Waals surface area contributed by atoms with Crippen LogP contribution in [0, 0.1) is 11.8 Å². The van der Waals surface area contributed by atoms with Crippen LogP contribution in [0.5, 0.6) is 0 Å². The zero-order chi connectivity index (χ0) is 23.2. The molecule has 2 aliphatic carbocycles. The van der Waals surface area contributed by atoms with Crippen LogP contribution < -0.4 is 15.5 Å². The van der Waals surface area contributed by atoms with E-state index in [9.17, 15) is 9.59 Å². The van der Waals surface area contributed by atoms with Crippen LogP contribution in [0.4, 0.5) is 11.8 Å². The van der Waals surface area contributed by atoms with Crippen molar-refractivity contribution >= 4 is 23.5 Å². The molecule has 1 aromatic carbocycles. The lowest BCUT2D eigenvalue weighted by Gasteiger charge is -2.34. The highest BCUT2D eigenvalue weighted by molar-refractivity contribution is 6.00. The molecule has 1 heterocycles. The number of nitrogens with one attached hydrogen (secondary N) is 2. The molecule has 7 heteroatoms. The molecule has 2 saturated carbocycles. The first-order chi connectivity index (χ1) is 16.0. The molecule has 1 amide bonds. The van der Waals surface area contributed by atoms with Crippen LogP contribution in [0.3, 0.4) is 0 Å². The van der Waals surface area contributed by atoms with Crippen LogP contribution in [0.1, 0.15) is 61.7 Å². The second-order valence-electron chi connectivity index (χ2n) is 9.56. The number of amides is 1. The molecule has 1 aromatic heterocycles. The zero-order valence-electron chi connectivity index (χ0n) is 19.7. The van der Waals surface area contributed by atoms with Crippen LogP contribution in [-0.4, -0.2) is 47.8 Å². The molecule has 0 aliphatic heterocycles. The number of Topliss-reactive ketones (excluding diaryl/α,β-unsaturated/α-hetero) is 1. The van der Waals surface area contributed by atoms with Gasteiger partial charge in [0.25, 0.3) is 0 Å². The second kappa shape index (κ2) is 10.8. The van der Waals surface area contributed by atoms with Gasteiger partial charge in [0.05, 0.1) is 0 Å². The van der Waals surface area contributed by atoms with E-state index in [0.717, 1.165) is 57.2 Å². The molecule has 4 rings (SSSR count). The van der Waals surface area contributed by atoms with Gasteiger partial charge in [-0.05, 0) is 44.6 Å². The highest BCUT2D eigenvalue weighted by Gasteiger charge is 2.37. The fraction of sp³-hybridized carbons (Fsp3) is 0.538. The molecule has 2 aliphatic rings. The van der Waals surface area contributed by atoms with Gasteiger partial charge in [-0.15, -0.1) is 0 Å². The van der Waals surface area contributed by atoms with Crippen LogP contribution in [0.25, 0.3) is 0 Å². The highest BCUT2D eigenvalue weighted by Crippen LogP contribution is 2.33. The summed E-state index contributed by atoms with van der Waals surface area (Å²) in [6.07, 6.45) is 9.14. The standard InChI is InChI=1S/C26H35N5O2/c1-31(2)23-16-17-27-26(30-23)29-20-14-12-19(13-15-20)28-25(33)22-11-7-6-10-21(22)24(32)18-8-4-3-5-9-18/h3-5,8-9,16-17,19-22H,6-7,10-15H2,1-2H3,(H,28,33)(H,27,29,30)/t19?,20?,21-,22+/m1/s1. The minimum absolute atomic E-state index is 0.0578. The van der Waals surface area contributed by atoms with Crippen molar-refractivity contribution in [2.45, 2.75) is 63.5 Å². The molecular formula is C26H35N5O2. The summed E-state index contributed by atoms with van der Waals surface area (Å²) in [7, 11) is 3.93. The molecule has 33 heavy (non-hydrogen) atoms. The number of carbonyl (C=O) groups is 2. The van der Waals surface area contributed by atoms with Crippen LogP contribution in [0.15, 0.2) is 42.6 Å². The summed E-state index contributed by atoms with van der Waals surface area (Å²) < 4.78 is 0. The molecule has 0 saturated heterocycles. The average molecular weight is 450 g/mol. The highest BCUT2D eigenvalue weighted by atomic mass is 16.2. The van der Waals surface area contributed by atoms with E-state index in [1.165, 1.54) is 0 Å². The first kappa shape index (κ1) is 23.2. The Hall–Kier alpha value is -2.96. The Bertz CT molecular complexity index is 941. The number of aromatic nitrogens is 2. The van der Waals surface area contributed by atoms with Gasteiger partial charge in [0.2, 0.25) is 11.9 Å². The third-order valence-corrected chi connectivity index (χ3v) is 7.00. The van der Waals surface area contributed by atoms with Crippen molar-refractivity contribution < 1.29 is 9.59 Å². The normalized spacial score (nSPS) is 25.2. The molecule has 0 radical (unpaired) electrons. The number of carbonyl (C=O) groups excluding carboxylic acids is 2. The lowest BCUT2D eigenvalue weighted by molar-refractivity contribution is -0.128. The van der Waals surface area contributed by atoms with E-state index in [2.05, 4.69) is 20.6 Å². The number of anilines is 2. The van der Waals surface area contributed by atoms with Gasteiger partial charge >= 0.3 is 0 Å². The third-order valence-electron chi connectivity index (χ3n) is 7.00. The Kier molecular flexibility index (Phi) is 7.57. The fourth-order valence-electron chi connectivity index (χ4n) is 5.12. The summed E-state index contributed by atoms with van der Waals surface area (Å²) in [6, 6.07) is 11.8. The predicted octanol–water partition coefficient (Wildman–Crippen LogP) is 4.07. The minimum atomic E-state index is -0.218. The van der Waals surface area contributed by atoms with Crippen LogP contribution in [0.2, 0.25) is 0 Å². The average Bonchev–Trinajstić information content (AvgIpc) is 2.85. The maximum absolute atomic E-state index is 13.2. The van der Waals surface area contributed by atoms with Crippen molar-refractivity contribution in [1.29, 1.82) is 0 Å². The zero-order valence-corrected chi connectivity index (χ0v) is 19.7. The number of rotatable bonds is 7. The molecule has 7 nitrogen and oxygen atoms in total. The number of ketones is 1. The Balaban J connectivity index is 1.30. The van der Waals surface area contributed by atoms with Gasteiger partial charge in [0, 0.05) is 49.8 Å². The summed E-state index contributed by atoms with van der Waals surface area (Å²) >= 11 is 0. The first-order valence-corrected chi connectivity index (χ1v) is 12.2. The molecule has 2 aromatic rings. The summed E-state index contributed by atoms with van der Waals surface area (Å²) in [4.78, 5) is 37.1. The van der Waals surface area contributed by atoms with E-state index in [-0.39, 0.29) is 29.6 Å². The van der Waals surface area contributed by atoms with Gasteiger partial charge in [0.1, 0.15) is 5.82 Å². The van der Waals surface area contributed by atoms with Gasteiger partial charge in [-0.25, -0.2) is 4.98 Å². The third kappa shape index (κ3) is 5.89. The molecule has 0 bridgehead atoms. The number of hydrogen-bond acceptors (Lipinski definition) is 6. The minimum Gasteiger partial charge on any atom is -0.363 e. The van der Waals surface area contributed by atoms with Crippen LogP contribution in [-0.2, 0) is 4.79 Å². The molecule has 2 atom stereocenters. The van der Waals surface area contributed by atoms with E-state index < -0.39 is 0 Å². The van der Waals surface area contributed by atoms with Gasteiger partial charge in [-0.2, -0.15) is 4.98 Å². The number of benzene rings is 1. The Labute approximate surface area is 196 Å². The quantitative estimate of drug-likeness (QED) is 0.620. The lowest BCUT2D eigenvalue weighted by Crippen LogP contribution is -2.46. The Morgan fingerprint density at radius 2 is 1.55 bits per heavy atom. The van der Waals surface area contributed by atoms with Crippen molar-refractivity contribution in [3.05, 3.63) is 48.2 Å². The van der Waals surface area contributed by atoms with E-state index in [4.69, 9.17) is 0 Å². The van der Waals surface area contributed by atoms with Crippen molar-refractivity contribution in [1.82, 2.24) is 15.3 Å². The van der Waals surface area contributed by atoms with Crippen molar-refractivity contribution in [3.8, 4) is 0 Å². The Morgan fingerprint density at radius 1 is 0.879 bits per heavy atom. The van der Waals surface area contributed by atoms with Gasteiger partial charge in [-0.1, -0.05) is 43.2 Å². The summed E-state index contributed by atoms with van der Waals surface area (Å²) in [5.74, 6) is 1.27. The first-order valence-electron chi connectivity index (χ1n) is 12.2.